The molecule has 68 heavy (non-hydrogen) atoms. The zero-order valence-electron chi connectivity index (χ0n) is 46.7. The summed E-state index contributed by atoms with van der Waals surface area (Å²) in [6.45, 7) is 11.5. The number of rotatable bonds is 56. The molecule has 6 nitrogen and oxygen atoms in total. The van der Waals surface area contributed by atoms with Crippen LogP contribution in [0.1, 0.15) is 349 Å². The molecule has 0 N–H and O–H groups in total. The van der Waals surface area contributed by atoms with Crippen molar-refractivity contribution in [2.75, 3.05) is 13.2 Å². The van der Waals surface area contributed by atoms with Gasteiger partial charge in [-0.25, -0.2) is 0 Å². The molecule has 0 aromatic rings. The van der Waals surface area contributed by atoms with E-state index in [0.29, 0.717) is 19.3 Å². The van der Waals surface area contributed by atoms with Gasteiger partial charge in [0.15, 0.2) is 6.10 Å². The van der Waals surface area contributed by atoms with Crippen molar-refractivity contribution >= 4 is 17.9 Å². The number of hydrogen-bond donors (Lipinski definition) is 0. The largest absolute Gasteiger partial charge is 0.462 e. The van der Waals surface area contributed by atoms with Crippen LogP contribution in [0.25, 0.3) is 0 Å². The number of hydrogen-bond acceptors (Lipinski definition) is 6. The van der Waals surface area contributed by atoms with Gasteiger partial charge in [0.05, 0.1) is 0 Å². The number of ether oxygens (including phenoxy) is 3. The second-order valence-corrected chi connectivity index (χ2v) is 22.1. The molecule has 0 aromatic carbocycles. The van der Waals surface area contributed by atoms with Gasteiger partial charge >= 0.3 is 17.9 Å². The van der Waals surface area contributed by atoms with Crippen molar-refractivity contribution < 1.29 is 28.6 Å². The first-order valence-electron chi connectivity index (χ1n) is 30.8. The topological polar surface area (TPSA) is 78.9 Å². The van der Waals surface area contributed by atoms with Crippen molar-refractivity contribution in [1.29, 1.82) is 0 Å². The Bertz CT molecular complexity index is 1040. The number of carbonyl (C=O) groups excluding carboxylic acids is 3. The molecule has 0 saturated heterocycles. The SMILES string of the molecule is CCCCCCCCCCCC(=O)OC[C@H](COC(=O)CCCCCCCCCCCCCCCCCCC(C)C)OC(=O)CCCCCCCCCCCCCCCCCCCCC(C)CC. The summed E-state index contributed by atoms with van der Waals surface area (Å²) in [7, 11) is 0. The first kappa shape index (κ1) is 66.4. The lowest BCUT2D eigenvalue weighted by Crippen LogP contribution is -2.30. The number of unbranched alkanes of at least 4 members (excludes halogenated alkanes) is 40. The van der Waals surface area contributed by atoms with Gasteiger partial charge in [-0.1, -0.05) is 311 Å². The predicted octanol–water partition coefficient (Wildman–Crippen LogP) is 20.4. The molecule has 0 heterocycles. The van der Waals surface area contributed by atoms with Crippen molar-refractivity contribution in [1.82, 2.24) is 0 Å². The standard InChI is InChI=1S/C62H120O6/c1-6-8-9-10-11-30-37-42-47-52-60(63)66-55-59(56-67-61(64)53-48-43-38-33-28-24-20-17-16-18-22-26-31-35-40-45-50-57(3)4)68-62(65)54-49-44-39-34-29-25-21-15-13-12-14-19-23-27-32-36-41-46-51-58(5)7-2/h57-59H,6-56H2,1-5H3/t58?,59-/m1/s1. The molecule has 1 unspecified atom stereocenters. The van der Waals surface area contributed by atoms with E-state index in [1.807, 2.05) is 0 Å². The molecule has 0 aliphatic heterocycles. The van der Waals surface area contributed by atoms with Crippen LogP contribution in [-0.2, 0) is 28.6 Å². The maximum atomic E-state index is 12.9. The molecule has 0 spiro atoms. The monoisotopic (exact) mass is 961 g/mol. The Labute approximate surface area is 425 Å². The fourth-order valence-electron chi connectivity index (χ4n) is 9.55. The zero-order chi connectivity index (χ0) is 49.6. The van der Waals surface area contributed by atoms with Gasteiger partial charge in [0.2, 0.25) is 0 Å². The second kappa shape index (κ2) is 54.7. The predicted molar refractivity (Wildman–Crippen MR) is 293 cm³/mol. The number of carbonyl (C=O) groups is 3. The smallest absolute Gasteiger partial charge is 0.306 e. The van der Waals surface area contributed by atoms with Crippen LogP contribution in [0.4, 0.5) is 0 Å². The lowest BCUT2D eigenvalue weighted by atomic mass is 9.99. The normalized spacial score (nSPS) is 12.4. The second-order valence-electron chi connectivity index (χ2n) is 22.1. The quantitative estimate of drug-likeness (QED) is 0.0343. The molecule has 0 aliphatic carbocycles. The first-order chi connectivity index (χ1) is 33.3. The van der Waals surface area contributed by atoms with Gasteiger partial charge in [0.25, 0.3) is 0 Å². The maximum Gasteiger partial charge on any atom is 0.306 e. The van der Waals surface area contributed by atoms with E-state index in [2.05, 4.69) is 34.6 Å². The van der Waals surface area contributed by atoms with Crippen LogP contribution in [0, 0.1) is 11.8 Å². The van der Waals surface area contributed by atoms with Crippen LogP contribution >= 0.6 is 0 Å². The molecule has 404 valence electrons. The molecule has 0 amide bonds. The molecule has 6 heteroatoms. The van der Waals surface area contributed by atoms with Gasteiger partial charge in [-0.2, -0.15) is 0 Å². The summed E-state index contributed by atoms with van der Waals surface area (Å²) in [5.74, 6) is 0.924. The van der Waals surface area contributed by atoms with E-state index in [1.54, 1.807) is 0 Å². The van der Waals surface area contributed by atoms with Crippen molar-refractivity contribution in [2.24, 2.45) is 11.8 Å². The highest BCUT2D eigenvalue weighted by Gasteiger charge is 2.19. The molecular formula is C62H120O6. The third-order valence-electron chi connectivity index (χ3n) is 14.6. The Morgan fingerprint density at radius 3 is 0.838 bits per heavy atom. The van der Waals surface area contributed by atoms with E-state index in [0.717, 1.165) is 69.6 Å². The highest BCUT2D eigenvalue weighted by atomic mass is 16.6. The average Bonchev–Trinajstić information content (AvgIpc) is 3.32. The summed E-state index contributed by atoms with van der Waals surface area (Å²) in [5, 5.41) is 0. The third kappa shape index (κ3) is 53.8. The van der Waals surface area contributed by atoms with Crippen LogP contribution in [0.3, 0.4) is 0 Å². The van der Waals surface area contributed by atoms with Crippen molar-refractivity contribution in [2.45, 2.75) is 355 Å². The highest BCUT2D eigenvalue weighted by molar-refractivity contribution is 5.71. The van der Waals surface area contributed by atoms with Crippen LogP contribution in [-0.4, -0.2) is 37.2 Å². The summed E-state index contributed by atoms with van der Waals surface area (Å²) in [6, 6.07) is 0. The Morgan fingerprint density at radius 1 is 0.309 bits per heavy atom. The van der Waals surface area contributed by atoms with Gasteiger partial charge in [0.1, 0.15) is 13.2 Å². The van der Waals surface area contributed by atoms with E-state index in [1.165, 1.54) is 238 Å². The first-order valence-corrected chi connectivity index (χ1v) is 30.8. The van der Waals surface area contributed by atoms with E-state index in [-0.39, 0.29) is 31.1 Å². The van der Waals surface area contributed by atoms with E-state index in [9.17, 15) is 14.4 Å². The molecular weight excluding hydrogens is 841 g/mol. The lowest BCUT2D eigenvalue weighted by Gasteiger charge is -2.18. The molecule has 2 atom stereocenters. The summed E-state index contributed by atoms with van der Waals surface area (Å²) in [4.78, 5) is 38.1. The fourth-order valence-corrected chi connectivity index (χ4v) is 9.55. The van der Waals surface area contributed by atoms with Gasteiger partial charge < -0.3 is 14.2 Å². The summed E-state index contributed by atoms with van der Waals surface area (Å²) < 4.78 is 16.9. The summed E-state index contributed by atoms with van der Waals surface area (Å²) >= 11 is 0. The van der Waals surface area contributed by atoms with Crippen LogP contribution in [0.15, 0.2) is 0 Å². The molecule has 0 bridgehead atoms. The Balaban J connectivity index is 4.17. The highest BCUT2D eigenvalue weighted by Crippen LogP contribution is 2.19. The van der Waals surface area contributed by atoms with Crippen LogP contribution < -0.4 is 0 Å². The maximum absolute atomic E-state index is 12.9. The molecule has 0 fully saturated rings. The minimum absolute atomic E-state index is 0.0623. The van der Waals surface area contributed by atoms with Crippen molar-refractivity contribution in [3.63, 3.8) is 0 Å². The van der Waals surface area contributed by atoms with Crippen molar-refractivity contribution in [3.8, 4) is 0 Å². The van der Waals surface area contributed by atoms with E-state index in [4.69, 9.17) is 14.2 Å². The minimum Gasteiger partial charge on any atom is -0.462 e. The van der Waals surface area contributed by atoms with Crippen LogP contribution in [0.2, 0.25) is 0 Å². The Hall–Kier alpha value is -1.59. The van der Waals surface area contributed by atoms with Gasteiger partial charge in [-0.3, -0.25) is 14.4 Å². The molecule has 0 radical (unpaired) electrons. The summed E-state index contributed by atoms with van der Waals surface area (Å²) in [6.07, 6.45) is 59.6. The molecule has 0 aliphatic rings. The van der Waals surface area contributed by atoms with E-state index >= 15 is 0 Å². The fraction of sp³-hybridized carbons (Fsp3) is 0.952. The molecule has 0 aromatic heterocycles. The van der Waals surface area contributed by atoms with Crippen molar-refractivity contribution in [3.05, 3.63) is 0 Å². The van der Waals surface area contributed by atoms with Crippen LogP contribution in [0.5, 0.6) is 0 Å². The Morgan fingerprint density at radius 2 is 0.559 bits per heavy atom. The lowest BCUT2D eigenvalue weighted by molar-refractivity contribution is -0.167. The summed E-state index contributed by atoms with van der Waals surface area (Å²) in [5.41, 5.74) is 0. The third-order valence-corrected chi connectivity index (χ3v) is 14.6. The van der Waals surface area contributed by atoms with E-state index < -0.39 is 6.10 Å². The van der Waals surface area contributed by atoms with Gasteiger partial charge in [-0.05, 0) is 31.1 Å². The molecule has 0 rings (SSSR count). The number of esters is 3. The average molecular weight is 962 g/mol. The Kier molecular flexibility index (Phi) is 53.5. The zero-order valence-corrected chi connectivity index (χ0v) is 46.7. The van der Waals surface area contributed by atoms with Gasteiger partial charge in [0, 0.05) is 19.3 Å². The van der Waals surface area contributed by atoms with Gasteiger partial charge in [-0.15, -0.1) is 0 Å². The minimum atomic E-state index is -0.762. The molecule has 0 saturated carbocycles.